The Hall–Kier alpha value is -0.120. The van der Waals surface area contributed by atoms with Crippen LogP contribution in [0.25, 0.3) is 0 Å². The maximum atomic E-state index is 5.66. The normalized spacial score (nSPS) is 22.5. The van der Waals surface area contributed by atoms with Crippen molar-refractivity contribution in [1.82, 2.24) is 4.90 Å². The molecule has 1 aliphatic rings. The molecule has 0 radical (unpaired) electrons. The molecule has 1 heterocycles. The summed E-state index contributed by atoms with van der Waals surface area (Å²) in [6.07, 6.45) is 7.60. The minimum Gasteiger partial charge on any atom is -0.380 e. The number of nitrogens with two attached hydrogens (primary N) is 1. The van der Waals surface area contributed by atoms with Crippen LogP contribution in [0, 0.1) is 0 Å². The van der Waals surface area contributed by atoms with Crippen LogP contribution in [0.1, 0.15) is 45.4 Å². The van der Waals surface area contributed by atoms with Crippen molar-refractivity contribution in [2.75, 3.05) is 32.8 Å². The first-order valence-electron chi connectivity index (χ1n) is 6.90. The van der Waals surface area contributed by atoms with Gasteiger partial charge in [0, 0.05) is 19.2 Å². The lowest BCUT2D eigenvalue weighted by atomic mass is 9.99. The zero-order valence-corrected chi connectivity index (χ0v) is 10.8. The van der Waals surface area contributed by atoms with Crippen LogP contribution in [0.5, 0.6) is 0 Å². The van der Waals surface area contributed by atoms with Gasteiger partial charge in [0.2, 0.25) is 0 Å². The third kappa shape index (κ3) is 5.28. The molecule has 96 valence electrons. The van der Waals surface area contributed by atoms with E-state index in [0.717, 1.165) is 32.7 Å². The van der Waals surface area contributed by atoms with Crippen molar-refractivity contribution in [1.29, 1.82) is 0 Å². The minimum atomic E-state index is 0.716. The van der Waals surface area contributed by atoms with Crippen molar-refractivity contribution >= 4 is 0 Å². The Labute approximate surface area is 100 Å². The third-order valence-electron chi connectivity index (χ3n) is 3.41. The highest BCUT2D eigenvalue weighted by Gasteiger charge is 2.20. The molecule has 1 atom stereocenters. The first-order valence-corrected chi connectivity index (χ1v) is 6.90. The Kier molecular flexibility index (Phi) is 7.81. The Morgan fingerprint density at radius 3 is 2.94 bits per heavy atom. The number of piperidine rings is 1. The highest BCUT2D eigenvalue weighted by atomic mass is 16.5. The van der Waals surface area contributed by atoms with Crippen LogP contribution in [0.15, 0.2) is 0 Å². The quantitative estimate of drug-likeness (QED) is 0.646. The van der Waals surface area contributed by atoms with E-state index < -0.39 is 0 Å². The smallest absolute Gasteiger partial charge is 0.0593 e. The molecule has 0 bridgehead atoms. The van der Waals surface area contributed by atoms with Crippen molar-refractivity contribution in [3.8, 4) is 0 Å². The van der Waals surface area contributed by atoms with Crippen molar-refractivity contribution in [2.24, 2.45) is 5.73 Å². The van der Waals surface area contributed by atoms with Gasteiger partial charge >= 0.3 is 0 Å². The van der Waals surface area contributed by atoms with Crippen molar-refractivity contribution in [2.45, 2.75) is 51.5 Å². The molecule has 0 spiro atoms. The molecule has 0 aromatic rings. The van der Waals surface area contributed by atoms with Crippen LogP contribution >= 0.6 is 0 Å². The topological polar surface area (TPSA) is 38.5 Å². The lowest BCUT2D eigenvalue weighted by molar-refractivity contribution is 0.0685. The number of unbranched alkanes of at least 4 members (excludes halogenated alkanes) is 1. The Balaban J connectivity index is 2.11. The molecule has 2 N–H and O–H groups in total. The summed E-state index contributed by atoms with van der Waals surface area (Å²) < 4.78 is 5.63. The standard InChI is InChI=1S/C13H28N2O/c1-2-3-11-16-12-10-15-9-5-4-6-13(15)7-8-14/h13H,2-12,14H2,1H3. The Morgan fingerprint density at radius 1 is 1.31 bits per heavy atom. The van der Waals surface area contributed by atoms with Crippen LogP contribution in [0.4, 0.5) is 0 Å². The van der Waals surface area contributed by atoms with Gasteiger partial charge in [0.25, 0.3) is 0 Å². The van der Waals surface area contributed by atoms with E-state index in [4.69, 9.17) is 10.5 Å². The van der Waals surface area contributed by atoms with Gasteiger partial charge in [-0.2, -0.15) is 0 Å². The van der Waals surface area contributed by atoms with E-state index >= 15 is 0 Å². The average Bonchev–Trinajstić information content (AvgIpc) is 2.31. The fourth-order valence-corrected chi connectivity index (χ4v) is 2.40. The van der Waals surface area contributed by atoms with Gasteiger partial charge in [-0.15, -0.1) is 0 Å². The third-order valence-corrected chi connectivity index (χ3v) is 3.41. The molecule has 1 rings (SSSR count). The SMILES string of the molecule is CCCCOCCN1CCCCC1CCN. The highest BCUT2D eigenvalue weighted by molar-refractivity contribution is 4.76. The molecule has 1 saturated heterocycles. The molecule has 3 heteroatoms. The van der Waals surface area contributed by atoms with Gasteiger partial charge in [-0.1, -0.05) is 19.8 Å². The van der Waals surface area contributed by atoms with E-state index in [1.807, 2.05) is 0 Å². The second kappa shape index (κ2) is 8.97. The number of ether oxygens (including phenoxy) is 1. The maximum Gasteiger partial charge on any atom is 0.0593 e. The fourth-order valence-electron chi connectivity index (χ4n) is 2.40. The number of hydrogen-bond acceptors (Lipinski definition) is 3. The summed E-state index contributed by atoms with van der Waals surface area (Å²) in [5, 5.41) is 0. The largest absolute Gasteiger partial charge is 0.380 e. The molecular formula is C13H28N2O. The molecule has 0 aromatic heterocycles. The van der Waals surface area contributed by atoms with Crippen LogP contribution in [0.3, 0.4) is 0 Å². The summed E-state index contributed by atoms with van der Waals surface area (Å²) in [5.74, 6) is 0. The number of nitrogens with zero attached hydrogens (tertiary/aromatic N) is 1. The minimum absolute atomic E-state index is 0.716. The van der Waals surface area contributed by atoms with E-state index in [9.17, 15) is 0 Å². The number of rotatable bonds is 8. The molecule has 1 aliphatic heterocycles. The van der Waals surface area contributed by atoms with Crippen LogP contribution < -0.4 is 5.73 Å². The molecule has 0 aromatic carbocycles. The Morgan fingerprint density at radius 2 is 2.19 bits per heavy atom. The highest BCUT2D eigenvalue weighted by Crippen LogP contribution is 2.18. The van der Waals surface area contributed by atoms with Gasteiger partial charge < -0.3 is 10.5 Å². The zero-order valence-electron chi connectivity index (χ0n) is 10.8. The lowest BCUT2D eigenvalue weighted by Crippen LogP contribution is -2.42. The van der Waals surface area contributed by atoms with Crippen molar-refractivity contribution < 1.29 is 4.74 Å². The van der Waals surface area contributed by atoms with E-state index in [-0.39, 0.29) is 0 Å². The summed E-state index contributed by atoms with van der Waals surface area (Å²) in [4.78, 5) is 2.57. The lowest BCUT2D eigenvalue weighted by Gasteiger charge is -2.35. The van der Waals surface area contributed by atoms with E-state index in [1.54, 1.807) is 0 Å². The van der Waals surface area contributed by atoms with Crippen LogP contribution in [-0.2, 0) is 4.74 Å². The maximum absolute atomic E-state index is 5.66. The number of hydrogen-bond donors (Lipinski definition) is 1. The molecular weight excluding hydrogens is 200 g/mol. The molecule has 1 fully saturated rings. The summed E-state index contributed by atoms with van der Waals surface area (Å²) in [5.41, 5.74) is 5.66. The van der Waals surface area contributed by atoms with E-state index in [2.05, 4.69) is 11.8 Å². The predicted molar refractivity (Wildman–Crippen MR) is 68.6 cm³/mol. The summed E-state index contributed by atoms with van der Waals surface area (Å²) in [6.45, 7) is 7.16. The predicted octanol–water partition coefficient (Wildman–Crippen LogP) is 2.01. The second-order valence-corrected chi connectivity index (χ2v) is 4.73. The van der Waals surface area contributed by atoms with Gasteiger partial charge in [0.05, 0.1) is 6.61 Å². The Bertz CT molecular complexity index is 162. The van der Waals surface area contributed by atoms with Crippen LogP contribution in [-0.4, -0.2) is 43.8 Å². The monoisotopic (exact) mass is 228 g/mol. The summed E-state index contributed by atoms with van der Waals surface area (Å²) in [6, 6.07) is 0.716. The van der Waals surface area contributed by atoms with Gasteiger partial charge in [-0.3, -0.25) is 4.90 Å². The van der Waals surface area contributed by atoms with Crippen LogP contribution in [0.2, 0.25) is 0 Å². The van der Waals surface area contributed by atoms with E-state index in [1.165, 1.54) is 38.6 Å². The molecule has 3 nitrogen and oxygen atoms in total. The first-order chi connectivity index (χ1) is 7.88. The molecule has 0 aliphatic carbocycles. The summed E-state index contributed by atoms with van der Waals surface area (Å²) in [7, 11) is 0. The first kappa shape index (κ1) is 13.9. The fraction of sp³-hybridized carbons (Fsp3) is 1.00. The number of likely N-dealkylation sites (tertiary alicyclic amines) is 1. The average molecular weight is 228 g/mol. The molecule has 1 unspecified atom stereocenters. The van der Waals surface area contributed by atoms with Crippen molar-refractivity contribution in [3.05, 3.63) is 0 Å². The molecule has 0 amide bonds. The van der Waals surface area contributed by atoms with Crippen molar-refractivity contribution in [3.63, 3.8) is 0 Å². The van der Waals surface area contributed by atoms with E-state index in [0.29, 0.717) is 6.04 Å². The molecule has 0 saturated carbocycles. The van der Waals surface area contributed by atoms with Gasteiger partial charge in [0.15, 0.2) is 0 Å². The van der Waals surface area contributed by atoms with Gasteiger partial charge in [-0.05, 0) is 38.8 Å². The van der Waals surface area contributed by atoms with Gasteiger partial charge in [-0.25, -0.2) is 0 Å². The van der Waals surface area contributed by atoms with Gasteiger partial charge in [0.1, 0.15) is 0 Å². The second-order valence-electron chi connectivity index (χ2n) is 4.73. The summed E-state index contributed by atoms with van der Waals surface area (Å²) >= 11 is 0. The zero-order chi connectivity index (χ0) is 11.6. The molecule has 16 heavy (non-hydrogen) atoms.